The average molecular weight is 614 g/mol. The van der Waals surface area contributed by atoms with E-state index in [2.05, 4.69) is 0 Å². The minimum Gasteiger partial charge on any atom is -0.490 e. The van der Waals surface area contributed by atoms with Crippen molar-refractivity contribution in [2.75, 3.05) is 13.2 Å². The minimum absolute atomic E-state index is 0.0415. The van der Waals surface area contributed by atoms with E-state index in [1.54, 1.807) is 54.8 Å². The molecule has 0 fully saturated rings. The zero-order valence-corrected chi connectivity index (χ0v) is 23.5. The van der Waals surface area contributed by atoms with Crippen molar-refractivity contribution in [1.29, 1.82) is 0 Å². The second kappa shape index (κ2) is 14.5. The summed E-state index contributed by atoms with van der Waals surface area (Å²) in [5.74, 6) is -3.83. The van der Waals surface area contributed by atoms with Crippen molar-refractivity contribution >= 4 is 46.6 Å². The summed E-state index contributed by atoms with van der Waals surface area (Å²) >= 11 is 5.72. The second-order valence-electron chi connectivity index (χ2n) is 9.48. The molecule has 0 bridgehead atoms. The van der Waals surface area contributed by atoms with Crippen LogP contribution in [0.3, 0.4) is 0 Å². The molecule has 0 radical (unpaired) electrons. The minimum atomic E-state index is -1.06. The summed E-state index contributed by atoms with van der Waals surface area (Å²) in [4.78, 5) is 22.4. The highest BCUT2D eigenvalue weighted by atomic mass is 35.5. The third-order valence-corrected chi connectivity index (χ3v) is 6.72. The smallest absolute Gasteiger partial charge is 0.323 e. The Kier molecular flexibility index (Phi) is 10.5. The van der Waals surface area contributed by atoms with Crippen LogP contribution >= 0.6 is 11.6 Å². The Labute approximate surface area is 250 Å². The summed E-state index contributed by atoms with van der Waals surface area (Å²) in [5.41, 5.74) is 2.48. The van der Waals surface area contributed by atoms with Gasteiger partial charge in [0.1, 0.15) is 42.2 Å². The first-order valence-corrected chi connectivity index (χ1v) is 13.6. The lowest BCUT2D eigenvalue weighted by Gasteiger charge is -2.07. The van der Waals surface area contributed by atoms with Gasteiger partial charge in [0.25, 0.3) is 0 Å². The number of aryl methyl sites for hydroxylation is 1. The lowest BCUT2D eigenvalue weighted by molar-refractivity contribution is -0.138. The number of carboxylic acid groups (broad SMARTS) is 2. The number of rotatable bonds is 14. The molecule has 0 aliphatic rings. The maximum Gasteiger partial charge on any atom is 0.323 e. The normalized spacial score (nSPS) is 11.5. The van der Waals surface area contributed by atoms with Gasteiger partial charge in [-0.05, 0) is 72.5 Å². The van der Waals surface area contributed by atoms with Crippen LogP contribution in [0.15, 0.2) is 66.9 Å². The number of aromatic nitrogens is 1. The van der Waals surface area contributed by atoms with Crippen molar-refractivity contribution in [2.45, 2.75) is 25.8 Å². The molecule has 0 aliphatic heterocycles. The molecule has 0 atom stereocenters. The number of hydrogen-bond acceptors (Lipinski definition) is 4. The topological polar surface area (TPSA) is 98.0 Å². The van der Waals surface area contributed by atoms with E-state index in [4.69, 9.17) is 26.2 Å². The number of hydrogen-bond donors (Lipinski definition) is 2. The average Bonchev–Trinajstić information content (AvgIpc) is 3.29. The van der Waals surface area contributed by atoms with Crippen LogP contribution in [0, 0.1) is 17.5 Å². The first-order valence-electron chi connectivity index (χ1n) is 13.2. The maximum absolute atomic E-state index is 14.6. The third-order valence-electron chi connectivity index (χ3n) is 6.37. The molecule has 7 nitrogen and oxygen atoms in total. The molecule has 0 unspecified atom stereocenters. The SMILES string of the molecule is O=C(O)CCCc1cn(CC(=O)O)c2c(C=Cc3ccc(OCC=CCOc4c(F)ccc(F)c4Cl)cc3)cc(F)cc12. The number of aliphatic carboxylic acids is 2. The first kappa shape index (κ1) is 31.2. The highest BCUT2D eigenvalue weighted by Crippen LogP contribution is 2.31. The molecule has 0 spiro atoms. The summed E-state index contributed by atoms with van der Waals surface area (Å²) in [6.45, 7) is -0.182. The van der Waals surface area contributed by atoms with Gasteiger partial charge in [0.05, 0.1) is 5.52 Å². The molecule has 4 aromatic rings. The van der Waals surface area contributed by atoms with Crippen molar-refractivity contribution in [2.24, 2.45) is 0 Å². The number of carbonyl (C=O) groups is 2. The summed E-state index contributed by atoms with van der Waals surface area (Å²) in [6, 6.07) is 11.6. The summed E-state index contributed by atoms with van der Waals surface area (Å²) < 4.78 is 54.2. The lowest BCUT2D eigenvalue weighted by atomic mass is 10.0. The molecule has 1 heterocycles. The number of carboxylic acids is 2. The lowest BCUT2D eigenvalue weighted by Crippen LogP contribution is -2.08. The van der Waals surface area contributed by atoms with Crippen LogP contribution in [-0.4, -0.2) is 39.9 Å². The predicted octanol–water partition coefficient (Wildman–Crippen LogP) is 7.39. The summed E-state index contributed by atoms with van der Waals surface area (Å²) in [7, 11) is 0. The Morgan fingerprint density at radius 3 is 2.28 bits per heavy atom. The number of halogens is 4. The van der Waals surface area contributed by atoms with Gasteiger partial charge in [0, 0.05) is 23.6 Å². The Bertz CT molecular complexity index is 1680. The van der Waals surface area contributed by atoms with Crippen molar-refractivity contribution in [3.05, 3.63) is 106 Å². The monoisotopic (exact) mass is 613 g/mol. The van der Waals surface area contributed by atoms with Gasteiger partial charge in [-0.2, -0.15) is 0 Å². The van der Waals surface area contributed by atoms with Crippen LogP contribution in [0.2, 0.25) is 5.02 Å². The van der Waals surface area contributed by atoms with Gasteiger partial charge >= 0.3 is 11.9 Å². The highest BCUT2D eigenvalue weighted by Gasteiger charge is 2.16. The van der Waals surface area contributed by atoms with Gasteiger partial charge in [-0.15, -0.1) is 0 Å². The fourth-order valence-electron chi connectivity index (χ4n) is 4.45. The van der Waals surface area contributed by atoms with Crippen LogP contribution in [0.4, 0.5) is 13.2 Å². The van der Waals surface area contributed by atoms with Gasteiger partial charge in [-0.1, -0.05) is 35.9 Å². The second-order valence-corrected chi connectivity index (χ2v) is 9.86. The molecular formula is C32H27ClF3NO6. The standard InChI is InChI=1S/C32H27ClF3NO6/c33-30-26(35)12-13-27(36)32(30)43-15-2-1-14-42-24-10-7-20(8-11-24)6-9-21-16-23(34)17-25-22(4-3-5-28(38)39)18-37(31(21)25)19-29(40)41/h1-2,6-13,16-18H,3-5,14-15,19H2,(H,38,39)(H,40,41). The fourth-order valence-corrected chi connectivity index (χ4v) is 4.66. The van der Waals surface area contributed by atoms with Crippen LogP contribution < -0.4 is 9.47 Å². The first-order chi connectivity index (χ1) is 20.6. The quantitative estimate of drug-likeness (QED) is 0.0874. The molecule has 224 valence electrons. The fraction of sp³-hybridized carbons (Fsp3) is 0.188. The summed E-state index contributed by atoms with van der Waals surface area (Å²) in [6.07, 6.45) is 8.97. The maximum atomic E-state index is 14.6. The molecule has 0 amide bonds. The molecule has 0 saturated carbocycles. The van der Waals surface area contributed by atoms with E-state index in [0.29, 0.717) is 40.6 Å². The molecule has 2 N–H and O–H groups in total. The van der Waals surface area contributed by atoms with Crippen molar-refractivity contribution in [3.8, 4) is 11.5 Å². The van der Waals surface area contributed by atoms with E-state index in [9.17, 15) is 27.9 Å². The molecule has 0 aliphatic carbocycles. The van der Waals surface area contributed by atoms with E-state index < -0.39 is 34.4 Å². The van der Waals surface area contributed by atoms with Crippen molar-refractivity contribution < 1.29 is 42.4 Å². The molecule has 43 heavy (non-hydrogen) atoms. The van der Waals surface area contributed by atoms with Gasteiger partial charge in [0.2, 0.25) is 0 Å². The molecule has 3 aromatic carbocycles. The third kappa shape index (κ3) is 8.42. The Hall–Kier alpha value is -4.70. The van der Waals surface area contributed by atoms with Crippen LogP contribution in [0.25, 0.3) is 23.1 Å². The van der Waals surface area contributed by atoms with Crippen molar-refractivity contribution in [1.82, 2.24) is 4.57 Å². The number of benzene rings is 3. The zero-order chi connectivity index (χ0) is 30.9. The molecule has 0 saturated heterocycles. The van der Waals surface area contributed by atoms with Crippen LogP contribution in [-0.2, 0) is 22.6 Å². The van der Waals surface area contributed by atoms with E-state index >= 15 is 0 Å². The Morgan fingerprint density at radius 1 is 0.884 bits per heavy atom. The molecule has 11 heteroatoms. The largest absolute Gasteiger partial charge is 0.490 e. The molecule has 4 rings (SSSR count). The molecule has 1 aromatic heterocycles. The van der Waals surface area contributed by atoms with Gasteiger partial charge in [-0.3, -0.25) is 9.59 Å². The van der Waals surface area contributed by atoms with E-state index in [1.807, 2.05) is 0 Å². The van der Waals surface area contributed by atoms with E-state index in [1.165, 1.54) is 16.7 Å². The highest BCUT2D eigenvalue weighted by molar-refractivity contribution is 6.32. The Morgan fingerprint density at radius 2 is 1.58 bits per heavy atom. The molecular weight excluding hydrogens is 587 g/mol. The number of nitrogens with zero attached hydrogens (tertiary/aromatic N) is 1. The number of fused-ring (bicyclic) bond motifs is 1. The van der Waals surface area contributed by atoms with Crippen LogP contribution in [0.5, 0.6) is 11.5 Å². The predicted molar refractivity (Wildman–Crippen MR) is 157 cm³/mol. The summed E-state index contributed by atoms with van der Waals surface area (Å²) in [5, 5.41) is 18.5. The van der Waals surface area contributed by atoms with E-state index in [-0.39, 0.29) is 31.9 Å². The van der Waals surface area contributed by atoms with Crippen LogP contribution in [0.1, 0.15) is 29.5 Å². The van der Waals surface area contributed by atoms with E-state index in [0.717, 1.165) is 17.7 Å². The van der Waals surface area contributed by atoms with Gasteiger partial charge < -0.3 is 24.3 Å². The Balaban J connectivity index is 1.40. The van der Waals surface area contributed by atoms with Gasteiger partial charge in [0.15, 0.2) is 11.6 Å². The van der Waals surface area contributed by atoms with Gasteiger partial charge in [-0.25, -0.2) is 13.2 Å². The zero-order valence-electron chi connectivity index (χ0n) is 22.7. The number of ether oxygens (including phenoxy) is 2. The van der Waals surface area contributed by atoms with Crippen molar-refractivity contribution in [3.63, 3.8) is 0 Å².